The average Bonchev–Trinajstić information content (AvgIpc) is 2.48. The standard InChI is InChI=1S/C14H14N4O2/c1-19-11-4-10(5-12(6-11)20-2)18-14-13(16)3-9(7-15)8-17-14/h3-6,8H,16H2,1-2H3,(H,17,18). The van der Waals surface area contributed by atoms with Gasteiger partial charge >= 0.3 is 0 Å². The first kappa shape index (κ1) is 13.5. The Morgan fingerprint density at radius 2 is 1.80 bits per heavy atom. The molecule has 0 saturated carbocycles. The lowest BCUT2D eigenvalue weighted by Gasteiger charge is -2.11. The fourth-order valence-corrected chi connectivity index (χ4v) is 1.66. The van der Waals surface area contributed by atoms with Crippen molar-refractivity contribution in [3.63, 3.8) is 0 Å². The minimum absolute atomic E-state index is 0.394. The van der Waals surface area contributed by atoms with Crippen LogP contribution in [0.5, 0.6) is 11.5 Å². The first-order valence-electron chi connectivity index (χ1n) is 5.82. The van der Waals surface area contributed by atoms with Crippen molar-refractivity contribution in [3.05, 3.63) is 36.0 Å². The summed E-state index contributed by atoms with van der Waals surface area (Å²) in [4.78, 5) is 4.12. The Bertz CT molecular complexity index is 642. The van der Waals surface area contributed by atoms with Gasteiger partial charge in [-0.1, -0.05) is 0 Å². The third kappa shape index (κ3) is 2.90. The van der Waals surface area contributed by atoms with Gasteiger partial charge in [0.25, 0.3) is 0 Å². The predicted molar refractivity (Wildman–Crippen MR) is 76.2 cm³/mol. The number of nitrogens with two attached hydrogens (primary N) is 1. The quantitative estimate of drug-likeness (QED) is 0.885. The number of nitriles is 1. The van der Waals surface area contributed by atoms with Crippen molar-refractivity contribution in [1.82, 2.24) is 4.98 Å². The summed E-state index contributed by atoms with van der Waals surface area (Å²) in [6.45, 7) is 0. The van der Waals surface area contributed by atoms with E-state index in [1.807, 2.05) is 6.07 Å². The molecule has 1 aromatic carbocycles. The Kier molecular flexibility index (Phi) is 3.91. The Balaban J connectivity index is 2.32. The highest BCUT2D eigenvalue weighted by molar-refractivity contribution is 5.71. The van der Waals surface area contributed by atoms with Crippen LogP contribution >= 0.6 is 0 Å². The van der Waals surface area contributed by atoms with Crippen LogP contribution in [0.25, 0.3) is 0 Å². The van der Waals surface area contributed by atoms with Gasteiger partial charge in [0.1, 0.15) is 17.6 Å². The fourth-order valence-electron chi connectivity index (χ4n) is 1.66. The Morgan fingerprint density at radius 1 is 1.15 bits per heavy atom. The normalized spacial score (nSPS) is 9.65. The summed E-state index contributed by atoms with van der Waals surface area (Å²) in [5.41, 5.74) is 7.38. The fraction of sp³-hybridized carbons (Fsp3) is 0.143. The van der Waals surface area contributed by atoms with Crippen molar-refractivity contribution in [2.24, 2.45) is 0 Å². The molecule has 0 atom stereocenters. The Labute approximate surface area is 116 Å². The molecule has 0 aliphatic rings. The number of hydrogen-bond donors (Lipinski definition) is 2. The molecule has 1 heterocycles. The van der Waals surface area contributed by atoms with Gasteiger partial charge in [-0.25, -0.2) is 4.98 Å². The topological polar surface area (TPSA) is 93.2 Å². The Hall–Kier alpha value is -2.94. The minimum Gasteiger partial charge on any atom is -0.497 e. The SMILES string of the molecule is COc1cc(Nc2ncc(C#N)cc2N)cc(OC)c1. The molecular formula is C14H14N4O2. The number of hydrogen-bond acceptors (Lipinski definition) is 6. The molecule has 0 fully saturated rings. The molecule has 102 valence electrons. The monoisotopic (exact) mass is 270 g/mol. The third-order valence-electron chi connectivity index (χ3n) is 2.66. The summed E-state index contributed by atoms with van der Waals surface area (Å²) in [6, 6.07) is 8.90. The van der Waals surface area contributed by atoms with E-state index in [-0.39, 0.29) is 0 Å². The summed E-state index contributed by atoms with van der Waals surface area (Å²) in [5.74, 6) is 1.78. The molecule has 0 aliphatic carbocycles. The molecule has 0 amide bonds. The molecular weight excluding hydrogens is 256 g/mol. The van der Waals surface area contributed by atoms with Gasteiger partial charge in [-0.3, -0.25) is 0 Å². The maximum atomic E-state index is 8.78. The van der Waals surface area contributed by atoms with Crippen molar-refractivity contribution in [2.75, 3.05) is 25.3 Å². The van der Waals surface area contributed by atoms with E-state index in [4.69, 9.17) is 20.5 Å². The van der Waals surface area contributed by atoms with E-state index in [1.165, 1.54) is 6.20 Å². The number of benzene rings is 1. The highest BCUT2D eigenvalue weighted by atomic mass is 16.5. The number of aromatic nitrogens is 1. The number of pyridine rings is 1. The van der Waals surface area contributed by atoms with Crippen LogP contribution in [0.3, 0.4) is 0 Å². The van der Waals surface area contributed by atoms with Crippen LogP contribution in [0.4, 0.5) is 17.2 Å². The van der Waals surface area contributed by atoms with Crippen LogP contribution in [0.1, 0.15) is 5.56 Å². The van der Waals surface area contributed by atoms with Crippen molar-refractivity contribution in [2.45, 2.75) is 0 Å². The van der Waals surface area contributed by atoms with Crippen LogP contribution in [-0.4, -0.2) is 19.2 Å². The molecule has 0 radical (unpaired) electrons. The predicted octanol–water partition coefficient (Wildman–Crippen LogP) is 2.30. The second kappa shape index (κ2) is 5.80. The lowest BCUT2D eigenvalue weighted by molar-refractivity contribution is 0.395. The van der Waals surface area contributed by atoms with Gasteiger partial charge in [0.2, 0.25) is 0 Å². The van der Waals surface area contributed by atoms with Gasteiger partial charge in [0, 0.05) is 30.1 Å². The number of nitrogens with one attached hydrogen (secondary N) is 1. The van der Waals surface area contributed by atoms with E-state index in [9.17, 15) is 0 Å². The lowest BCUT2D eigenvalue weighted by atomic mass is 10.2. The second-order valence-electron chi connectivity index (χ2n) is 4.00. The zero-order valence-corrected chi connectivity index (χ0v) is 11.2. The molecule has 2 aromatic rings. The van der Waals surface area contributed by atoms with Gasteiger partial charge in [-0.05, 0) is 6.07 Å². The lowest BCUT2D eigenvalue weighted by Crippen LogP contribution is -2.00. The zero-order valence-electron chi connectivity index (χ0n) is 11.2. The van der Waals surface area contributed by atoms with Crippen molar-refractivity contribution >= 4 is 17.2 Å². The van der Waals surface area contributed by atoms with Crippen molar-refractivity contribution in [1.29, 1.82) is 5.26 Å². The van der Waals surface area contributed by atoms with E-state index in [2.05, 4.69) is 10.3 Å². The summed E-state index contributed by atoms with van der Waals surface area (Å²) >= 11 is 0. The van der Waals surface area contributed by atoms with E-state index < -0.39 is 0 Å². The van der Waals surface area contributed by atoms with Gasteiger partial charge < -0.3 is 20.5 Å². The van der Waals surface area contributed by atoms with Crippen LogP contribution in [0.2, 0.25) is 0 Å². The highest BCUT2D eigenvalue weighted by Gasteiger charge is 2.06. The molecule has 0 unspecified atom stereocenters. The second-order valence-corrected chi connectivity index (χ2v) is 4.00. The van der Waals surface area contributed by atoms with Crippen molar-refractivity contribution in [3.8, 4) is 17.6 Å². The van der Waals surface area contributed by atoms with E-state index >= 15 is 0 Å². The molecule has 1 aromatic heterocycles. The number of ether oxygens (including phenoxy) is 2. The third-order valence-corrected chi connectivity index (χ3v) is 2.66. The summed E-state index contributed by atoms with van der Waals surface area (Å²) in [7, 11) is 3.15. The van der Waals surface area contributed by atoms with Gasteiger partial charge in [-0.2, -0.15) is 5.26 Å². The summed E-state index contributed by atoms with van der Waals surface area (Å²) in [6.07, 6.45) is 1.45. The summed E-state index contributed by atoms with van der Waals surface area (Å²) < 4.78 is 10.4. The van der Waals surface area contributed by atoms with E-state index in [1.54, 1.807) is 38.5 Å². The molecule has 20 heavy (non-hydrogen) atoms. The highest BCUT2D eigenvalue weighted by Crippen LogP contribution is 2.29. The first-order valence-corrected chi connectivity index (χ1v) is 5.82. The summed E-state index contributed by atoms with van der Waals surface area (Å²) in [5, 5.41) is 11.8. The smallest absolute Gasteiger partial charge is 0.153 e. The minimum atomic E-state index is 0.394. The Morgan fingerprint density at radius 3 is 2.30 bits per heavy atom. The first-order chi connectivity index (χ1) is 9.66. The zero-order chi connectivity index (χ0) is 14.5. The maximum Gasteiger partial charge on any atom is 0.153 e. The van der Waals surface area contributed by atoms with Crippen molar-refractivity contribution < 1.29 is 9.47 Å². The molecule has 3 N–H and O–H groups in total. The molecule has 0 aliphatic heterocycles. The van der Waals surface area contributed by atoms with Crippen LogP contribution < -0.4 is 20.5 Å². The van der Waals surface area contributed by atoms with Gasteiger partial charge in [-0.15, -0.1) is 0 Å². The molecule has 6 heteroatoms. The van der Waals surface area contributed by atoms with E-state index in [0.29, 0.717) is 28.6 Å². The number of nitrogens with zero attached hydrogens (tertiary/aromatic N) is 2. The number of methoxy groups -OCH3 is 2. The number of anilines is 3. The van der Waals surface area contributed by atoms with Gasteiger partial charge in [0.05, 0.1) is 25.5 Å². The molecule has 0 spiro atoms. The molecule has 0 saturated heterocycles. The largest absolute Gasteiger partial charge is 0.497 e. The molecule has 0 bridgehead atoms. The average molecular weight is 270 g/mol. The van der Waals surface area contributed by atoms with Crippen LogP contribution in [0, 0.1) is 11.3 Å². The molecule has 2 rings (SSSR count). The van der Waals surface area contributed by atoms with Crippen LogP contribution in [0.15, 0.2) is 30.5 Å². The van der Waals surface area contributed by atoms with Gasteiger partial charge in [0.15, 0.2) is 5.82 Å². The number of rotatable bonds is 4. The van der Waals surface area contributed by atoms with Crippen LogP contribution in [-0.2, 0) is 0 Å². The molecule has 6 nitrogen and oxygen atoms in total. The maximum absolute atomic E-state index is 8.78. The van der Waals surface area contributed by atoms with E-state index in [0.717, 1.165) is 5.69 Å². The number of nitrogen functional groups attached to an aromatic ring is 1.